The van der Waals surface area contributed by atoms with E-state index in [4.69, 9.17) is 9.47 Å². The zero-order valence-electron chi connectivity index (χ0n) is 29.7. The summed E-state index contributed by atoms with van der Waals surface area (Å²) in [6, 6.07) is 13.1. The maximum atomic E-state index is 14.7. The van der Waals surface area contributed by atoms with Crippen LogP contribution in [0.1, 0.15) is 107 Å². The molecule has 4 aliphatic rings. The van der Waals surface area contributed by atoms with Crippen LogP contribution in [-0.4, -0.2) is 71.2 Å². The van der Waals surface area contributed by atoms with Crippen LogP contribution >= 0.6 is 0 Å². The minimum absolute atomic E-state index is 0.250. The zero-order chi connectivity index (χ0) is 33.5. The minimum Gasteiger partial charge on any atom is -0.497 e. The second kappa shape index (κ2) is 11.4. The van der Waals surface area contributed by atoms with Crippen molar-refractivity contribution < 1.29 is 19.1 Å². The molecule has 47 heavy (non-hydrogen) atoms. The first-order chi connectivity index (χ1) is 22.2. The molecule has 0 bridgehead atoms. The molecule has 2 aliphatic carbocycles. The third kappa shape index (κ3) is 5.28. The fourth-order valence-electron chi connectivity index (χ4n) is 9.51. The number of hydrogen-bond donors (Lipinski definition) is 0. The van der Waals surface area contributed by atoms with E-state index in [0.717, 1.165) is 54.7 Å². The molecule has 3 unspecified atom stereocenters. The number of methoxy groups -OCH3 is 1. The predicted octanol–water partition coefficient (Wildman–Crippen LogP) is 7.96. The lowest BCUT2D eigenvalue weighted by atomic mass is 9.53. The fourth-order valence-corrected chi connectivity index (χ4v) is 9.51. The summed E-state index contributed by atoms with van der Waals surface area (Å²) in [4.78, 5) is 32.8. The van der Waals surface area contributed by atoms with Crippen molar-refractivity contribution in [1.29, 1.82) is 0 Å². The van der Waals surface area contributed by atoms with Crippen LogP contribution in [0.2, 0.25) is 0 Å². The van der Waals surface area contributed by atoms with Crippen LogP contribution in [0.25, 0.3) is 22.2 Å². The number of amides is 1. The standard InChI is InChI=1S/C40H53N3O4/c1-25-20-28(46-8)15-17-29(25)35-34(26-12-10-9-11-13-26)30-16-14-27(36(44)47-38(2,3)4)21-31(30)42(35)23-39(5,6)37(45)43-32-18-19-40(32)24-41(7)22-33(40)43/h14-17,20-21,26,32-33H,9-13,18-19,22-24H2,1-8H3. The summed E-state index contributed by atoms with van der Waals surface area (Å²) in [5, 5.41) is 1.18. The van der Waals surface area contributed by atoms with Gasteiger partial charge in [-0.15, -0.1) is 0 Å². The molecule has 7 heteroatoms. The first kappa shape index (κ1) is 32.2. The first-order valence-electron chi connectivity index (χ1n) is 17.8. The van der Waals surface area contributed by atoms with Gasteiger partial charge in [0.1, 0.15) is 11.4 Å². The molecular formula is C40H53N3O4. The number of carbonyl (C=O) groups is 2. The number of carbonyl (C=O) groups excluding carboxylic acids is 2. The molecule has 3 aromatic rings. The lowest BCUT2D eigenvalue weighted by Gasteiger charge is -2.68. The normalized spacial score (nSPS) is 24.8. The molecule has 2 saturated heterocycles. The van der Waals surface area contributed by atoms with Crippen LogP contribution in [0.15, 0.2) is 36.4 Å². The third-order valence-corrected chi connectivity index (χ3v) is 11.7. The number of likely N-dealkylation sites (N-methyl/N-ethyl adjacent to an activating group) is 1. The Morgan fingerprint density at radius 1 is 0.957 bits per heavy atom. The number of benzene rings is 2. The first-order valence-corrected chi connectivity index (χ1v) is 17.8. The average Bonchev–Trinajstić information content (AvgIpc) is 3.52. The lowest BCUT2D eigenvalue weighted by molar-refractivity contribution is -0.200. The summed E-state index contributed by atoms with van der Waals surface area (Å²) < 4.78 is 13.8. The Balaban J connectivity index is 1.39. The average molecular weight is 640 g/mol. The molecule has 1 aromatic heterocycles. The number of ether oxygens (including phenoxy) is 2. The van der Waals surface area contributed by atoms with Gasteiger partial charge in [0.05, 0.1) is 29.8 Å². The maximum absolute atomic E-state index is 14.7. The monoisotopic (exact) mass is 639 g/mol. The number of aryl methyl sites for hydroxylation is 1. The van der Waals surface area contributed by atoms with Crippen molar-refractivity contribution in [2.45, 2.75) is 117 Å². The number of piperidine rings is 1. The molecule has 2 saturated carbocycles. The Morgan fingerprint density at radius 3 is 2.34 bits per heavy atom. The van der Waals surface area contributed by atoms with E-state index in [0.29, 0.717) is 35.5 Å². The van der Waals surface area contributed by atoms with Crippen molar-refractivity contribution in [3.8, 4) is 17.0 Å². The van der Waals surface area contributed by atoms with Gasteiger partial charge in [-0.2, -0.15) is 0 Å². The van der Waals surface area contributed by atoms with E-state index in [1.807, 2.05) is 39.0 Å². The molecule has 4 fully saturated rings. The SMILES string of the molecule is COc1ccc(-c2c(C3CCCCC3)c3ccc(C(=O)OC(C)(C)C)cc3n2CC(C)(C)C(=O)N2C3CCC34CN(C)CC24)c(C)c1. The van der Waals surface area contributed by atoms with E-state index < -0.39 is 11.0 Å². The molecule has 2 aliphatic heterocycles. The van der Waals surface area contributed by atoms with E-state index >= 15 is 0 Å². The summed E-state index contributed by atoms with van der Waals surface area (Å²) in [7, 11) is 3.90. The van der Waals surface area contributed by atoms with Gasteiger partial charge >= 0.3 is 5.97 Å². The Labute approximate surface area is 280 Å². The van der Waals surface area contributed by atoms with E-state index in [1.54, 1.807) is 7.11 Å². The van der Waals surface area contributed by atoms with Crippen LogP contribution < -0.4 is 4.74 Å². The summed E-state index contributed by atoms with van der Waals surface area (Å²) >= 11 is 0. The van der Waals surface area contributed by atoms with Crippen LogP contribution in [-0.2, 0) is 16.1 Å². The zero-order valence-corrected chi connectivity index (χ0v) is 29.7. The summed E-state index contributed by atoms with van der Waals surface area (Å²) in [6.45, 7) is 14.7. The van der Waals surface area contributed by atoms with Crippen molar-refractivity contribution in [2.75, 3.05) is 27.2 Å². The van der Waals surface area contributed by atoms with Crippen LogP contribution in [0, 0.1) is 17.8 Å². The highest BCUT2D eigenvalue weighted by Gasteiger charge is 2.70. The van der Waals surface area contributed by atoms with Gasteiger partial charge in [0.15, 0.2) is 0 Å². The van der Waals surface area contributed by atoms with Gasteiger partial charge in [-0.1, -0.05) is 25.3 Å². The second-order valence-electron chi connectivity index (χ2n) is 16.7. The Morgan fingerprint density at radius 2 is 1.70 bits per heavy atom. The fraction of sp³-hybridized carbons (Fsp3) is 0.600. The van der Waals surface area contributed by atoms with Crippen molar-refractivity contribution >= 4 is 22.8 Å². The summed E-state index contributed by atoms with van der Waals surface area (Å²) in [5.74, 6) is 1.17. The molecule has 0 radical (unpaired) electrons. The highest BCUT2D eigenvalue weighted by atomic mass is 16.6. The van der Waals surface area contributed by atoms with Crippen LogP contribution in [0.4, 0.5) is 0 Å². The number of likely N-dealkylation sites (tertiary alicyclic amines) is 2. The number of hydrogen-bond acceptors (Lipinski definition) is 5. The lowest BCUT2D eigenvalue weighted by Crippen LogP contribution is -2.78. The molecule has 7 nitrogen and oxygen atoms in total. The van der Waals surface area contributed by atoms with Gasteiger partial charge in [-0.3, -0.25) is 4.79 Å². The van der Waals surface area contributed by atoms with E-state index in [1.165, 1.54) is 42.3 Å². The maximum Gasteiger partial charge on any atom is 0.338 e. The predicted molar refractivity (Wildman–Crippen MR) is 187 cm³/mol. The topological polar surface area (TPSA) is 64.0 Å². The Kier molecular flexibility index (Phi) is 7.81. The molecule has 252 valence electrons. The van der Waals surface area contributed by atoms with E-state index in [-0.39, 0.29) is 11.9 Å². The smallest absolute Gasteiger partial charge is 0.338 e. The number of rotatable bonds is 7. The molecule has 1 spiro atoms. The summed E-state index contributed by atoms with van der Waals surface area (Å²) in [5.41, 5.74) is 5.42. The molecular weight excluding hydrogens is 586 g/mol. The highest BCUT2D eigenvalue weighted by molar-refractivity contribution is 5.99. The number of fused-ring (bicyclic) bond motifs is 1. The second-order valence-corrected chi connectivity index (χ2v) is 16.7. The van der Waals surface area contributed by atoms with Gasteiger partial charge < -0.3 is 23.8 Å². The molecule has 3 heterocycles. The molecule has 2 aromatic carbocycles. The van der Waals surface area contributed by atoms with Gasteiger partial charge in [-0.05, 0) is 122 Å². The van der Waals surface area contributed by atoms with Gasteiger partial charge in [-0.25, -0.2) is 4.79 Å². The molecule has 1 amide bonds. The minimum atomic E-state index is -0.657. The third-order valence-electron chi connectivity index (χ3n) is 11.7. The van der Waals surface area contributed by atoms with Gasteiger partial charge in [0, 0.05) is 47.6 Å². The van der Waals surface area contributed by atoms with E-state index in [2.05, 4.69) is 60.4 Å². The number of nitrogens with zero attached hydrogens (tertiary/aromatic N) is 3. The van der Waals surface area contributed by atoms with E-state index in [9.17, 15) is 9.59 Å². The van der Waals surface area contributed by atoms with Gasteiger partial charge in [0.2, 0.25) is 5.91 Å². The Hall–Kier alpha value is -3.32. The van der Waals surface area contributed by atoms with Gasteiger partial charge in [0.25, 0.3) is 0 Å². The molecule has 0 N–H and O–H groups in total. The van der Waals surface area contributed by atoms with Crippen molar-refractivity contribution in [2.24, 2.45) is 10.8 Å². The highest BCUT2D eigenvalue weighted by Crippen LogP contribution is 2.61. The van der Waals surface area contributed by atoms with Crippen molar-refractivity contribution in [1.82, 2.24) is 14.4 Å². The molecule has 3 atom stereocenters. The van der Waals surface area contributed by atoms with Crippen molar-refractivity contribution in [3.63, 3.8) is 0 Å². The van der Waals surface area contributed by atoms with Crippen LogP contribution in [0.3, 0.4) is 0 Å². The quantitative estimate of drug-likeness (QED) is 0.246. The number of esters is 1. The van der Waals surface area contributed by atoms with Crippen LogP contribution in [0.5, 0.6) is 5.75 Å². The Bertz CT molecular complexity index is 1730. The summed E-state index contributed by atoms with van der Waals surface area (Å²) in [6.07, 6.45) is 8.33. The molecule has 7 rings (SSSR count). The van der Waals surface area contributed by atoms with Crippen molar-refractivity contribution in [3.05, 3.63) is 53.1 Å². The number of aromatic nitrogens is 1. The largest absolute Gasteiger partial charge is 0.497 e.